The van der Waals surface area contributed by atoms with Crippen LogP contribution in [0.4, 0.5) is 0 Å². The standard InChI is InChI=1S/C35H19BN2O2/c1-18-16-25-29-26(17-18)38-31-22(35-33(38)20-9-3-5-15-28(20)40-35)11-7-13-24(31)36(29)23-12-6-10-21-30(23)37(25)32-19-8-2-4-14-27(19)39-34(21)32/h2-17H,1H3. The summed E-state index contributed by atoms with van der Waals surface area (Å²) >= 11 is 0. The highest BCUT2D eigenvalue weighted by Gasteiger charge is 2.42. The lowest BCUT2D eigenvalue weighted by Crippen LogP contribution is -2.59. The Hall–Kier alpha value is -5.16. The number of fused-ring (bicyclic) bond motifs is 14. The molecule has 5 heteroatoms. The third kappa shape index (κ3) is 2.01. The molecule has 6 heterocycles. The van der Waals surface area contributed by atoms with E-state index in [1.165, 1.54) is 55.1 Å². The predicted molar refractivity (Wildman–Crippen MR) is 164 cm³/mol. The Kier molecular flexibility index (Phi) is 3.15. The molecule has 0 fully saturated rings. The molecule has 0 atom stereocenters. The number of benzene rings is 5. The van der Waals surface area contributed by atoms with Crippen molar-refractivity contribution in [2.75, 3.05) is 0 Å². The normalized spacial score (nSPS) is 13.6. The van der Waals surface area contributed by atoms with Crippen LogP contribution < -0.4 is 16.4 Å². The number of para-hydroxylation sites is 4. The van der Waals surface area contributed by atoms with Crippen LogP contribution in [0.5, 0.6) is 0 Å². The summed E-state index contributed by atoms with van der Waals surface area (Å²) < 4.78 is 18.1. The number of hydrogen-bond donors (Lipinski definition) is 0. The van der Waals surface area contributed by atoms with E-state index in [1.807, 2.05) is 12.1 Å². The molecule has 0 saturated heterocycles. The highest BCUT2D eigenvalue weighted by Crippen LogP contribution is 2.43. The summed E-state index contributed by atoms with van der Waals surface area (Å²) in [6, 6.07) is 35.0. The second-order valence-electron chi connectivity index (χ2n) is 11.4. The maximum absolute atomic E-state index is 6.55. The van der Waals surface area contributed by atoms with E-state index in [0.717, 1.165) is 44.1 Å². The first-order valence-corrected chi connectivity index (χ1v) is 13.8. The second kappa shape index (κ2) is 6.35. The van der Waals surface area contributed by atoms with Crippen molar-refractivity contribution in [1.29, 1.82) is 0 Å². The molecule has 0 radical (unpaired) electrons. The van der Waals surface area contributed by atoms with E-state index in [-0.39, 0.29) is 6.71 Å². The smallest absolute Gasteiger partial charge is 0.252 e. The van der Waals surface area contributed by atoms with Crippen molar-refractivity contribution < 1.29 is 8.83 Å². The lowest BCUT2D eigenvalue weighted by atomic mass is 9.34. The van der Waals surface area contributed by atoms with Crippen LogP contribution in [-0.2, 0) is 0 Å². The van der Waals surface area contributed by atoms with E-state index in [0.29, 0.717) is 0 Å². The monoisotopic (exact) mass is 510 g/mol. The van der Waals surface area contributed by atoms with Gasteiger partial charge in [0.2, 0.25) is 0 Å². The van der Waals surface area contributed by atoms with Crippen LogP contribution in [0, 0.1) is 6.92 Å². The van der Waals surface area contributed by atoms with Crippen LogP contribution in [0.3, 0.4) is 0 Å². The Labute approximate surface area is 227 Å². The third-order valence-electron chi connectivity index (χ3n) is 9.33. The van der Waals surface area contributed by atoms with Gasteiger partial charge in [-0.25, -0.2) is 0 Å². The molecule has 5 aromatic carbocycles. The minimum atomic E-state index is 0.119. The number of aromatic nitrogens is 2. The summed E-state index contributed by atoms with van der Waals surface area (Å²) in [5, 5.41) is 4.64. The first-order chi connectivity index (χ1) is 19.8. The van der Waals surface area contributed by atoms with Crippen molar-refractivity contribution in [3.63, 3.8) is 0 Å². The Bertz CT molecular complexity index is 2450. The van der Waals surface area contributed by atoms with E-state index in [2.05, 4.69) is 101 Å². The fraction of sp³-hybridized carbons (Fsp3) is 0.0286. The van der Waals surface area contributed by atoms with Gasteiger partial charge in [0.15, 0.2) is 11.2 Å². The first-order valence-electron chi connectivity index (χ1n) is 13.8. The molecule has 4 nitrogen and oxygen atoms in total. The van der Waals surface area contributed by atoms with Crippen LogP contribution >= 0.6 is 0 Å². The zero-order chi connectivity index (χ0) is 25.9. The van der Waals surface area contributed by atoms with Crippen LogP contribution in [0.25, 0.3) is 77.3 Å². The fourth-order valence-corrected chi connectivity index (χ4v) is 7.94. The fourth-order valence-electron chi connectivity index (χ4n) is 7.94. The topological polar surface area (TPSA) is 36.1 Å². The molecule has 40 heavy (non-hydrogen) atoms. The van der Waals surface area contributed by atoms with E-state index < -0.39 is 0 Å². The van der Waals surface area contributed by atoms with Gasteiger partial charge < -0.3 is 18.0 Å². The maximum atomic E-state index is 6.55. The summed E-state index contributed by atoms with van der Waals surface area (Å²) in [6.07, 6.45) is 0. The van der Waals surface area contributed by atoms with E-state index >= 15 is 0 Å². The molecular formula is C35H19BN2O2. The van der Waals surface area contributed by atoms with Crippen molar-refractivity contribution in [3.8, 4) is 11.4 Å². The molecular weight excluding hydrogens is 491 g/mol. The second-order valence-corrected chi connectivity index (χ2v) is 11.4. The van der Waals surface area contributed by atoms with Crippen LogP contribution in [0.1, 0.15) is 5.56 Å². The Morgan fingerprint density at radius 3 is 1.52 bits per heavy atom. The molecule has 0 amide bonds. The molecule has 0 aliphatic carbocycles. The predicted octanol–water partition coefficient (Wildman–Crippen LogP) is 6.82. The van der Waals surface area contributed by atoms with Crippen LogP contribution in [0.2, 0.25) is 0 Å². The van der Waals surface area contributed by atoms with Gasteiger partial charge in [-0.15, -0.1) is 0 Å². The molecule has 184 valence electrons. The van der Waals surface area contributed by atoms with Gasteiger partial charge in [-0.3, -0.25) is 0 Å². The minimum absolute atomic E-state index is 0.119. The van der Waals surface area contributed by atoms with Crippen LogP contribution in [-0.4, -0.2) is 15.8 Å². The average Bonchev–Trinajstić information content (AvgIpc) is 3.71. The van der Waals surface area contributed by atoms with Gasteiger partial charge in [-0.1, -0.05) is 48.5 Å². The summed E-state index contributed by atoms with van der Waals surface area (Å²) in [4.78, 5) is 0. The molecule has 2 aliphatic heterocycles. The largest absolute Gasteiger partial charge is 0.454 e. The number of nitrogens with zero attached hydrogens (tertiary/aromatic N) is 2. The van der Waals surface area contributed by atoms with Gasteiger partial charge in [0.05, 0.1) is 11.0 Å². The Morgan fingerprint density at radius 2 is 1.00 bits per heavy atom. The van der Waals surface area contributed by atoms with Crippen molar-refractivity contribution in [2.45, 2.75) is 6.92 Å². The van der Waals surface area contributed by atoms with E-state index in [9.17, 15) is 0 Å². The summed E-state index contributed by atoms with van der Waals surface area (Å²) in [7, 11) is 0. The SMILES string of the molecule is Cc1cc2c3c(c1)-n1c4c(cccc4c4oc5ccccc5c41)B3c1cccc3c4oc5ccccc5c4n-2c13. The van der Waals surface area contributed by atoms with Gasteiger partial charge >= 0.3 is 0 Å². The molecule has 0 bridgehead atoms. The molecule has 9 aromatic rings. The van der Waals surface area contributed by atoms with E-state index in [4.69, 9.17) is 8.83 Å². The highest BCUT2D eigenvalue weighted by atomic mass is 16.3. The number of hydrogen-bond acceptors (Lipinski definition) is 2. The first kappa shape index (κ1) is 19.8. The van der Waals surface area contributed by atoms with Crippen molar-refractivity contribution in [2.24, 2.45) is 0 Å². The molecule has 4 aromatic heterocycles. The zero-order valence-electron chi connectivity index (χ0n) is 21.5. The van der Waals surface area contributed by atoms with Gasteiger partial charge in [0.25, 0.3) is 6.71 Å². The summed E-state index contributed by atoms with van der Waals surface area (Å²) in [6.45, 7) is 2.33. The third-order valence-corrected chi connectivity index (χ3v) is 9.33. The van der Waals surface area contributed by atoms with Crippen molar-refractivity contribution >= 4 is 89.0 Å². The van der Waals surface area contributed by atoms with Crippen molar-refractivity contribution in [1.82, 2.24) is 9.13 Å². The van der Waals surface area contributed by atoms with Gasteiger partial charge in [-0.2, -0.15) is 0 Å². The van der Waals surface area contributed by atoms with Gasteiger partial charge in [0, 0.05) is 32.9 Å². The van der Waals surface area contributed by atoms with Crippen LogP contribution in [0.15, 0.2) is 106 Å². The van der Waals surface area contributed by atoms with Crippen molar-refractivity contribution in [3.05, 3.63) is 103 Å². The molecule has 0 unspecified atom stereocenters. The minimum Gasteiger partial charge on any atom is -0.454 e. The molecule has 11 rings (SSSR count). The van der Waals surface area contributed by atoms with Gasteiger partial charge in [0.1, 0.15) is 22.2 Å². The lowest BCUT2D eigenvalue weighted by Gasteiger charge is -2.33. The average molecular weight is 510 g/mol. The highest BCUT2D eigenvalue weighted by molar-refractivity contribution is 7.00. The molecule has 0 saturated carbocycles. The van der Waals surface area contributed by atoms with Gasteiger partial charge in [-0.05, 0) is 77.4 Å². The maximum Gasteiger partial charge on any atom is 0.252 e. The zero-order valence-corrected chi connectivity index (χ0v) is 21.5. The number of furan rings is 2. The summed E-state index contributed by atoms with van der Waals surface area (Å²) in [5.74, 6) is 0. The molecule has 0 spiro atoms. The number of rotatable bonds is 0. The molecule has 2 aliphatic rings. The number of aryl methyl sites for hydroxylation is 1. The summed E-state index contributed by atoms with van der Waals surface area (Å²) in [5.41, 5.74) is 16.3. The molecule has 0 N–H and O–H groups in total. The quantitative estimate of drug-likeness (QED) is 0.210. The Balaban J connectivity index is 1.42. The lowest BCUT2D eigenvalue weighted by molar-refractivity contribution is 0.672. The van der Waals surface area contributed by atoms with E-state index in [1.54, 1.807) is 0 Å². The Morgan fingerprint density at radius 1 is 0.525 bits per heavy atom.